The number of rotatable bonds is 5. The number of thioether (sulfide) groups is 1. The lowest BCUT2D eigenvalue weighted by Crippen LogP contribution is -2.24. The summed E-state index contributed by atoms with van der Waals surface area (Å²) in [6, 6.07) is 7.07. The Balaban J connectivity index is 1.77. The molecule has 25 heavy (non-hydrogen) atoms. The van der Waals surface area contributed by atoms with Gasteiger partial charge in [0, 0.05) is 10.6 Å². The quantitative estimate of drug-likeness (QED) is 0.583. The summed E-state index contributed by atoms with van der Waals surface area (Å²) in [5.74, 6) is 0.270. The highest BCUT2D eigenvalue weighted by atomic mass is 35.5. The molecular formula is C16H14ClN3O4S. The predicted molar refractivity (Wildman–Crippen MR) is 92.5 cm³/mol. The Hall–Kier alpha value is -2.32. The van der Waals surface area contributed by atoms with Crippen LogP contribution in [-0.2, 0) is 20.9 Å². The van der Waals surface area contributed by atoms with Gasteiger partial charge in [-0.05, 0) is 19.1 Å². The number of hydrogen-bond donors (Lipinski definition) is 0. The van der Waals surface area contributed by atoms with Gasteiger partial charge in [-0.25, -0.2) is 4.79 Å². The highest BCUT2D eigenvalue weighted by Crippen LogP contribution is 2.30. The Morgan fingerprint density at radius 1 is 1.52 bits per heavy atom. The molecule has 9 heteroatoms. The lowest BCUT2D eigenvalue weighted by molar-refractivity contribution is -0.137. The van der Waals surface area contributed by atoms with Gasteiger partial charge in [0.2, 0.25) is 17.6 Å². The van der Waals surface area contributed by atoms with Crippen LogP contribution in [0.2, 0.25) is 5.02 Å². The standard InChI is InChI=1S/C16H14ClN3O4S/c1-2-23-15(22)7-14-20(13(21)9-25-14)8-12-18-16(19-24-12)10-4-3-5-11(17)6-10/h3-7H,2,8-9H2,1H3/b14-7-. The van der Waals surface area contributed by atoms with E-state index in [9.17, 15) is 9.59 Å². The van der Waals surface area contributed by atoms with Gasteiger partial charge in [0.25, 0.3) is 0 Å². The van der Waals surface area contributed by atoms with Gasteiger partial charge in [0.15, 0.2) is 0 Å². The molecule has 1 saturated heterocycles. The molecule has 2 aromatic rings. The van der Waals surface area contributed by atoms with E-state index < -0.39 is 5.97 Å². The second kappa shape index (κ2) is 7.71. The molecular weight excluding hydrogens is 366 g/mol. The number of carbonyl (C=O) groups is 2. The molecule has 0 aliphatic carbocycles. The van der Waals surface area contributed by atoms with E-state index in [0.29, 0.717) is 21.4 Å². The van der Waals surface area contributed by atoms with Gasteiger partial charge in [-0.3, -0.25) is 9.69 Å². The number of benzene rings is 1. The maximum atomic E-state index is 12.1. The average molecular weight is 380 g/mol. The lowest BCUT2D eigenvalue weighted by Gasteiger charge is -2.13. The monoisotopic (exact) mass is 379 g/mol. The number of aromatic nitrogens is 2. The van der Waals surface area contributed by atoms with Gasteiger partial charge in [-0.2, -0.15) is 4.98 Å². The Bertz CT molecular complexity index is 836. The van der Waals surface area contributed by atoms with Crippen LogP contribution in [0.1, 0.15) is 12.8 Å². The Labute approximate surface area is 153 Å². The molecule has 1 amide bonds. The van der Waals surface area contributed by atoms with E-state index in [1.807, 2.05) is 6.07 Å². The third-order valence-corrected chi connectivity index (χ3v) is 4.54. The van der Waals surface area contributed by atoms with Crippen LogP contribution in [0.25, 0.3) is 11.4 Å². The molecule has 2 heterocycles. The first-order valence-electron chi connectivity index (χ1n) is 7.47. The van der Waals surface area contributed by atoms with Gasteiger partial charge in [0.1, 0.15) is 6.54 Å². The highest BCUT2D eigenvalue weighted by Gasteiger charge is 2.29. The van der Waals surface area contributed by atoms with Crippen LogP contribution >= 0.6 is 23.4 Å². The lowest BCUT2D eigenvalue weighted by atomic mass is 10.2. The number of nitrogens with zero attached hydrogens (tertiary/aromatic N) is 3. The largest absolute Gasteiger partial charge is 0.463 e. The fourth-order valence-electron chi connectivity index (χ4n) is 2.18. The number of amides is 1. The van der Waals surface area contributed by atoms with Crippen molar-refractivity contribution in [2.24, 2.45) is 0 Å². The molecule has 1 aromatic heterocycles. The Kier molecular flexibility index (Phi) is 5.40. The van der Waals surface area contributed by atoms with E-state index in [2.05, 4.69) is 10.1 Å². The molecule has 0 saturated carbocycles. The summed E-state index contributed by atoms with van der Waals surface area (Å²) in [5, 5.41) is 4.98. The summed E-state index contributed by atoms with van der Waals surface area (Å²) in [7, 11) is 0. The summed E-state index contributed by atoms with van der Waals surface area (Å²) < 4.78 is 10.1. The normalized spacial score (nSPS) is 15.8. The minimum absolute atomic E-state index is 0.0879. The average Bonchev–Trinajstić information content (AvgIpc) is 3.17. The second-order valence-corrected chi connectivity index (χ2v) is 6.46. The number of carbonyl (C=O) groups excluding carboxylic acids is 2. The summed E-state index contributed by atoms with van der Waals surface area (Å²) in [6.45, 7) is 2.08. The minimum atomic E-state index is -0.491. The van der Waals surface area contributed by atoms with Crippen molar-refractivity contribution in [1.82, 2.24) is 15.0 Å². The fraction of sp³-hybridized carbons (Fsp3) is 0.250. The molecule has 1 aliphatic rings. The number of esters is 1. The van der Waals surface area contributed by atoms with Crippen LogP contribution in [0.5, 0.6) is 0 Å². The first kappa shape index (κ1) is 17.5. The first-order chi connectivity index (χ1) is 12.1. The SMILES string of the molecule is CCOC(=O)/C=C1\SCC(=O)N1Cc1nc(-c2cccc(Cl)c2)no1. The molecule has 0 N–H and O–H groups in total. The first-order valence-corrected chi connectivity index (χ1v) is 8.83. The van der Waals surface area contributed by atoms with Gasteiger partial charge in [0.05, 0.1) is 23.5 Å². The molecule has 0 unspecified atom stereocenters. The molecule has 1 fully saturated rings. The van der Waals surface area contributed by atoms with Crippen LogP contribution in [-0.4, -0.2) is 39.3 Å². The van der Waals surface area contributed by atoms with Crippen LogP contribution in [0.3, 0.4) is 0 Å². The van der Waals surface area contributed by atoms with Crippen LogP contribution in [0, 0.1) is 0 Å². The van der Waals surface area contributed by atoms with Crippen molar-refractivity contribution in [2.75, 3.05) is 12.4 Å². The molecule has 130 valence electrons. The van der Waals surface area contributed by atoms with Crippen molar-refractivity contribution in [3.8, 4) is 11.4 Å². The minimum Gasteiger partial charge on any atom is -0.463 e. The summed E-state index contributed by atoms with van der Waals surface area (Å²) in [6.07, 6.45) is 1.30. The van der Waals surface area contributed by atoms with E-state index >= 15 is 0 Å². The van der Waals surface area contributed by atoms with E-state index in [-0.39, 0.29) is 30.7 Å². The number of hydrogen-bond acceptors (Lipinski definition) is 7. The van der Waals surface area contributed by atoms with Crippen molar-refractivity contribution >= 4 is 35.2 Å². The topological polar surface area (TPSA) is 85.5 Å². The van der Waals surface area contributed by atoms with Crippen molar-refractivity contribution in [3.63, 3.8) is 0 Å². The second-order valence-electron chi connectivity index (χ2n) is 5.03. The molecule has 1 aliphatic heterocycles. The van der Waals surface area contributed by atoms with Gasteiger partial charge >= 0.3 is 5.97 Å². The Morgan fingerprint density at radius 3 is 3.12 bits per heavy atom. The third-order valence-electron chi connectivity index (χ3n) is 3.28. The molecule has 0 spiro atoms. The molecule has 1 aromatic carbocycles. The molecule has 7 nitrogen and oxygen atoms in total. The molecule has 0 bridgehead atoms. The van der Waals surface area contributed by atoms with Crippen LogP contribution in [0.15, 0.2) is 39.9 Å². The van der Waals surface area contributed by atoms with Crippen molar-refractivity contribution < 1.29 is 18.8 Å². The molecule has 3 rings (SSSR count). The maximum Gasteiger partial charge on any atom is 0.333 e. The maximum absolute atomic E-state index is 12.1. The number of halogens is 1. The molecule has 0 atom stereocenters. The number of ether oxygens (including phenoxy) is 1. The van der Waals surface area contributed by atoms with Gasteiger partial charge in [-0.1, -0.05) is 40.7 Å². The summed E-state index contributed by atoms with van der Waals surface area (Å²) >= 11 is 7.22. The fourth-order valence-corrected chi connectivity index (χ4v) is 3.30. The van der Waals surface area contributed by atoms with Gasteiger partial charge < -0.3 is 9.26 Å². The molecule has 0 radical (unpaired) electrons. The van der Waals surface area contributed by atoms with Crippen molar-refractivity contribution in [2.45, 2.75) is 13.5 Å². The smallest absolute Gasteiger partial charge is 0.333 e. The third kappa shape index (κ3) is 4.21. The Morgan fingerprint density at radius 2 is 2.36 bits per heavy atom. The summed E-state index contributed by atoms with van der Waals surface area (Å²) in [5.41, 5.74) is 0.715. The van der Waals surface area contributed by atoms with Crippen LogP contribution < -0.4 is 0 Å². The van der Waals surface area contributed by atoms with E-state index in [4.69, 9.17) is 20.9 Å². The highest BCUT2D eigenvalue weighted by molar-refractivity contribution is 8.04. The van der Waals surface area contributed by atoms with Crippen LogP contribution in [0.4, 0.5) is 0 Å². The van der Waals surface area contributed by atoms with E-state index in [1.54, 1.807) is 25.1 Å². The van der Waals surface area contributed by atoms with Crippen molar-refractivity contribution in [3.05, 3.63) is 46.3 Å². The zero-order valence-electron chi connectivity index (χ0n) is 13.3. The zero-order chi connectivity index (χ0) is 17.8. The summed E-state index contributed by atoms with van der Waals surface area (Å²) in [4.78, 5) is 29.4. The van der Waals surface area contributed by atoms with E-state index in [1.165, 1.54) is 22.7 Å². The zero-order valence-corrected chi connectivity index (χ0v) is 14.8. The van der Waals surface area contributed by atoms with Gasteiger partial charge in [-0.15, -0.1) is 0 Å². The van der Waals surface area contributed by atoms with Crippen molar-refractivity contribution in [1.29, 1.82) is 0 Å². The van der Waals surface area contributed by atoms with E-state index in [0.717, 1.165) is 0 Å². The predicted octanol–water partition coefficient (Wildman–Crippen LogP) is 2.87.